The van der Waals surface area contributed by atoms with E-state index in [0.29, 0.717) is 24.4 Å². The van der Waals surface area contributed by atoms with Crippen molar-refractivity contribution in [2.45, 2.75) is 37.8 Å². The molecule has 0 spiro atoms. The molecule has 2 heterocycles. The Kier molecular flexibility index (Phi) is 6.14. The molecule has 1 aliphatic rings. The van der Waals surface area contributed by atoms with Crippen molar-refractivity contribution < 1.29 is 9.26 Å². The molecule has 5 heteroatoms. The van der Waals surface area contributed by atoms with Crippen molar-refractivity contribution >= 4 is 0 Å². The van der Waals surface area contributed by atoms with Crippen LogP contribution in [-0.4, -0.2) is 41.3 Å². The van der Waals surface area contributed by atoms with Gasteiger partial charge in [0, 0.05) is 13.2 Å². The number of benzene rings is 2. The van der Waals surface area contributed by atoms with Crippen LogP contribution in [-0.2, 0) is 11.3 Å². The maximum atomic E-state index is 5.84. The lowest BCUT2D eigenvalue weighted by Crippen LogP contribution is -2.33. The maximum Gasteiger partial charge on any atom is 0.240 e. The van der Waals surface area contributed by atoms with E-state index in [1.807, 2.05) is 36.4 Å². The summed E-state index contributed by atoms with van der Waals surface area (Å²) in [5.74, 6) is 1.31. The van der Waals surface area contributed by atoms with Crippen LogP contribution in [0, 0.1) is 0 Å². The zero-order chi connectivity index (χ0) is 19.2. The first kappa shape index (κ1) is 18.8. The lowest BCUT2D eigenvalue weighted by molar-refractivity contribution is -0.00382. The zero-order valence-corrected chi connectivity index (χ0v) is 16.3. The molecule has 0 amide bonds. The Morgan fingerprint density at radius 1 is 1.00 bits per heavy atom. The van der Waals surface area contributed by atoms with E-state index in [9.17, 15) is 0 Å². The molecule has 1 saturated heterocycles. The first-order valence-corrected chi connectivity index (χ1v) is 10.0. The number of likely N-dealkylation sites (N-methyl/N-ethyl adjacent to an activating group) is 1. The smallest absolute Gasteiger partial charge is 0.240 e. The highest BCUT2D eigenvalue weighted by Gasteiger charge is 2.23. The summed E-state index contributed by atoms with van der Waals surface area (Å²) >= 11 is 0. The monoisotopic (exact) mass is 377 g/mol. The van der Waals surface area contributed by atoms with Gasteiger partial charge in [-0.1, -0.05) is 65.8 Å². The summed E-state index contributed by atoms with van der Waals surface area (Å²) in [6.07, 6.45) is 3.86. The molecule has 146 valence electrons. The maximum absolute atomic E-state index is 5.84. The van der Waals surface area contributed by atoms with Crippen LogP contribution in [0.3, 0.4) is 0 Å². The molecule has 0 bridgehead atoms. The van der Waals surface area contributed by atoms with Crippen molar-refractivity contribution in [2.24, 2.45) is 0 Å². The molecule has 1 aliphatic heterocycles. The lowest BCUT2D eigenvalue weighted by atomic mass is 9.91. The van der Waals surface area contributed by atoms with Gasteiger partial charge in [0.05, 0.1) is 18.6 Å². The summed E-state index contributed by atoms with van der Waals surface area (Å²) < 4.78 is 11.4. The van der Waals surface area contributed by atoms with Crippen molar-refractivity contribution in [1.29, 1.82) is 0 Å². The molecular weight excluding hydrogens is 350 g/mol. The molecule has 0 saturated carbocycles. The molecule has 1 aromatic heterocycles. The van der Waals surface area contributed by atoms with E-state index in [2.05, 4.69) is 41.4 Å². The Balaban J connectivity index is 1.50. The minimum Gasteiger partial charge on any atom is -0.377 e. The Hall–Kier alpha value is -2.50. The second-order valence-electron chi connectivity index (χ2n) is 7.49. The van der Waals surface area contributed by atoms with Crippen LogP contribution in [0.5, 0.6) is 0 Å². The van der Waals surface area contributed by atoms with Crippen LogP contribution in [0.4, 0.5) is 0 Å². The molecular formula is C23H27N3O2. The topological polar surface area (TPSA) is 51.4 Å². The molecule has 0 N–H and O–H groups in total. The van der Waals surface area contributed by atoms with Crippen molar-refractivity contribution in [2.75, 3.05) is 20.2 Å². The van der Waals surface area contributed by atoms with Crippen molar-refractivity contribution in [1.82, 2.24) is 15.0 Å². The van der Waals surface area contributed by atoms with Crippen molar-refractivity contribution in [3.63, 3.8) is 0 Å². The fraction of sp³-hybridized carbons (Fsp3) is 0.391. The first-order valence-electron chi connectivity index (χ1n) is 10.0. The number of hydrogen-bond donors (Lipinski definition) is 0. The quantitative estimate of drug-likeness (QED) is 0.616. The lowest BCUT2D eigenvalue weighted by Gasteiger charge is -2.26. The Morgan fingerprint density at radius 2 is 1.68 bits per heavy atom. The molecule has 0 radical (unpaired) electrons. The summed E-state index contributed by atoms with van der Waals surface area (Å²) in [5, 5.41) is 4.33. The standard InChI is InChI=1S/C23H27N3O2/c1-26(16-20-14-8-9-15-27-20)17-21-24-23(25-28-21)22(18-10-4-2-5-11-18)19-12-6-3-7-13-19/h2-7,10-13,20,22H,8-9,14-17H2,1H3. The highest BCUT2D eigenvalue weighted by molar-refractivity contribution is 5.37. The summed E-state index contributed by atoms with van der Waals surface area (Å²) in [4.78, 5) is 6.94. The molecule has 1 unspecified atom stereocenters. The van der Waals surface area contributed by atoms with E-state index in [4.69, 9.17) is 14.2 Å². The average molecular weight is 377 g/mol. The minimum absolute atomic E-state index is 0.0353. The van der Waals surface area contributed by atoms with E-state index >= 15 is 0 Å². The Bertz CT molecular complexity index is 805. The van der Waals surface area contributed by atoms with E-state index in [1.165, 1.54) is 12.8 Å². The zero-order valence-electron chi connectivity index (χ0n) is 16.3. The molecule has 0 aliphatic carbocycles. The third kappa shape index (κ3) is 4.66. The van der Waals surface area contributed by atoms with Crippen LogP contribution in [0.1, 0.15) is 48.0 Å². The van der Waals surface area contributed by atoms with Gasteiger partial charge >= 0.3 is 0 Å². The van der Waals surface area contributed by atoms with Gasteiger partial charge in [-0.3, -0.25) is 4.90 Å². The van der Waals surface area contributed by atoms with Gasteiger partial charge in [-0.15, -0.1) is 0 Å². The highest BCUT2D eigenvalue weighted by atomic mass is 16.5. The van der Waals surface area contributed by atoms with E-state index < -0.39 is 0 Å². The average Bonchev–Trinajstić information content (AvgIpc) is 3.18. The van der Waals surface area contributed by atoms with Gasteiger partial charge in [0.2, 0.25) is 5.89 Å². The molecule has 4 rings (SSSR count). The summed E-state index contributed by atoms with van der Waals surface area (Å²) in [7, 11) is 2.08. The second kappa shape index (κ2) is 9.13. The van der Waals surface area contributed by atoms with E-state index in [-0.39, 0.29) is 5.92 Å². The van der Waals surface area contributed by atoms with Crippen LogP contribution in [0.15, 0.2) is 65.2 Å². The fourth-order valence-corrected chi connectivity index (χ4v) is 3.83. The number of aromatic nitrogens is 2. The van der Waals surface area contributed by atoms with Crippen molar-refractivity contribution in [3.05, 3.63) is 83.5 Å². The van der Waals surface area contributed by atoms with Gasteiger partial charge in [0.25, 0.3) is 0 Å². The molecule has 1 fully saturated rings. The summed E-state index contributed by atoms with van der Waals surface area (Å²) in [6.45, 7) is 2.39. The van der Waals surface area contributed by atoms with Crippen LogP contribution < -0.4 is 0 Å². The second-order valence-corrected chi connectivity index (χ2v) is 7.49. The van der Waals surface area contributed by atoms with Crippen LogP contribution in [0.2, 0.25) is 0 Å². The Morgan fingerprint density at radius 3 is 2.29 bits per heavy atom. The molecule has 5 nitrogen and oxygen atoms in total. The molecule has 2 aromatic carbocycles. The summed E-state index contributed by atoms with van der Waals surface area (Å²) in [6, 6.07) is 20.7. The predicted octanol–water partition coefficient (Wildman–Crippen LogP) is 4.25. The van der Waals surface area contributed by atoms with Crippen LogP contribution in [0.25, 0.3) is 0 Å². The molecule has 3 aromatic rings. The fourth-order valence-electron chi connectivity index (χ4n) is 3.83. The van der Waals surface area contributed by atoms with E-state index in [1.54, 1.807) is 0 Å². The minimum atomic E-state index is -0.0353. The van der Waals surface area contributed by atoms with Gasteiger partial charge in [-0.05, 0) is 37.4 Å². The molecule has 28 heavy (non-hydrogen) atoms. The SMILES string of the molecule is CN(Cc1nc(C(c2ccccc2)c2ccccc2)no1)CC1CCCCO1. The number of hydrogen-bond acceptors (Lipinski definition) is 5. The Labute approximate surface area is 166 Å². The van der Waals surface area contributed by atoms with Gasteiger partial charge in [-0.2, -0.15) is 4.98 Å². The van der Waals surface area contributed by atoms with Gasteiger partial charge in [-0.25, -0.2) is 0 Å². The molecule has 1 atom stereocenters. The van der Waals surface area contributed by atoms with Gasteiger partial charge in [0.1, 0.15) is 0 Å². The van der Waals surface area contributed by atoms with Crippen LogP contribution >= 0.6 is 0 Å². The first-order chi connectivity index (χ1) is 13.8. The largest absolute Gasteiger partial charge is 0.377 e. The highest BCUT2D eigenvalue weighted by Crippen LogP contribution is 2.30. The van der Waals surface area contributed by atoms with Gasteiger partial charge in [0.15, 0.2) is 5.82 Å². The number of ether oxygens (including phenoxy) is 1. The predicted molar refractivity (Wildman–Crippen MR) is 108 cm³/mol. The summed E-state index contributed by atoms with van der Waals surface area (Å²) in [5.41, 5.74) is 2.31. The van der Waals surface area contributed by atoms with Crippen molar-refractivity contribution in [3.8, 4) is 0 Å². The number of nitrogens with zero attached hydrogens (tertiary/aromatic N) is 3. The third-order valence-corrected chi connectivity index (χ3v) is 5.20. The van der Waals surface area contributed by atoms with E-state index in [0.717, 1.165) is 30.7 Å². The van der Waals surface area contributed by atoms with Gasteiger partial charge < -0.3 is 9.26 Å². The third-order valence-electron chi connectivity index (χ3n) is 5.20. The number of rotatable bonds is 7. The normalized spacial score (nSPS) is 17.3.